The molecule has 2 heterocycles. The van der Waals surface area contributed by atoms with Crippen LogP contribution in [0.1, 0.15) is 41.1 Å². The number of carbonyl (C=O) groups excluding carboxylic acids is 2. The van der Waals surface area contributed by atoms with E-state index >= 15 is 0 Å². The maximum Gasteiger partial charge on any atom is 0.323 e. The fourth-order valence-electron chi connectivity index (χ4n) is 4.19. The van der Waals surface area contributed by atoms with Gasteiger partial charge in [-0.05, 0) is 66.8 Å². The van der Waals surface area contributed by atoms with Crippen LogP contribution in [0.5, 0.6) is 0 Å². The molecular weight excluding hydrogens is 554 g/mol. The first-order valence-corrected chi connectivity index (χ1v) is 11.6. The molecule has 0 unspecified atom stereocenters. The van der Waals surface area contributed by atoms with E-state index in [1.165, 1.54) is 22.1 Å². The van der Waals surface area contributed by atoms with Gasteiger partial charge in [-0.15, -0.1) is 0 Å². The molecule has 34 heavy (non-hydrogen) atoms. The Morgan fingerprint density at radius 2 is 1.91 bits per heavy atom. The van der Waals surface area contributed by atoms with Crippen LogP contribution in [0.2, 0.25) is 0 Å². The van der Waals surface area contributed by atoms with E-state index in [-0.39, 0.29) is 24.6 Å². The lowest BCUT2D eigenvalue weighted by atomic mass is 9.86. The first-order valence-electron chi connectivity index (χ1n) is 10.5. The number of amides is 2. The number of carboxylic acid groups (broad SMARTS) is 1. The van der Waals surface area contributed by atoms with Crippen LogP contribution in [0.4, 0.5) is 10.1 Å². The summed E-state index contributed by atoms with van der Waals surface area (Å²) >= 11 is 2.08. The molecule has 0 saturated carbocycles. The Labute approximate surface area is 209 Å². The minimum absolute atomic E-state index is 0.0148. The van der Waals surface area contributed by atoms with Crippen molar-refractivity contribution in [3.8, 4) is 0 Å². The first kappa shape index (κ1) is 23.9. The van der Waals surface area contributed by atoms with Crippen LogP contribution in [0.25, 0.3) is 0 Å². The van der Waals surface area contributed by atoms with Gasteiger partial charge in [0.05, 0.1) is 30.5 Å². The van der Waals surface area contributed by atoms with Gasteiger partial charge in [-0.25, -0.2) is 4.39 Å². The van der Waals surface area contributed by atoms with E-state index in [0.717, 1.165) is 5.56 Å². The molecule has 1 aliphatic heterocycles. The molecule has 0 fully saturated rings. The molecule has 0 aliphatic carbocycles. The number of furan rings is 1. The van der Waals surface area contributed by atoms with Crippen LogP contribution < -0.4 is 4.90 Å². The minimum Gasteiger partial charge on any atom is -0.480 e. The number of halogens is 2. The van der Waals surface area contributed by atoms with Gasteiger partial charge in [0.1, 0.15) is 18.1 Å². The number of benzene rings is 2. The van der Waals surface area contributed by atoms with Crippen LogP contribution in [-0.4, -0.2) is 34.3 Å². The summed E-state index contributed by atoms with van der Waals surface area (Å²) < 4.78 is 20.4. The molecule has 0 atom stereocenters. The molecular formula is C25H22FIN2O5. The first-order chi connectivity index (χ1) is 16.1. The molecule has 0 saturated heterocycles. The normalized spacial score (nSPS) is 14.2. The predicted molar refractivity (Wildman–Crippen MR) is 131 cm³/mol. The number of anilines is 1. The third-order valence-corrected chi connectivity index (χ3v) is 6.69. The van der Waals surface area contributed by atoms with Crippen molar-refractivity contribution >= 4 is 46.1 Å². The number of nitrogens with zero attached hydrogens (tertiary/aromatic N) is 2. The zero-order valence-corrected chi connectivity index (χ0v) is 20.7. The summed E-state index contributed by atoms with van der Waals surface area (Å²) in [5.41, 5.74) is 0.994. The van der Waals surface area contributed by atoms with E-state index in [9.17, 15) is 23.9 Å². The minimum atomic E-state index is -1.16. The number of rotatable bonds is 7. The standard InChI is InChI=1S/C25H22FIN2O5/c1-25(2)22-19(27)10-16(23(32)28(14-21(30)31)13-17-7-5-9-34-17)11-20(22)29(24(25)33)12-15-6-3-4-8-18(15)26/h3-11H,12-14H2,1-2H3,(H,30,31). The molecule has 1 aromatic heterocycles. The summed E-state index contributed by atoms with van der Waals surface area (Å²) in [4.78, 5) is 40.8. The van der Waals surface area contributed by atoms with Crippen molar-refractivity contribution in [2.45, 2.75) is 32.4 Å². The van der Waals surface area contributed by atoms with E-state index in [0.29, 0.717) is 20.6 Å². The van der Waals surface area contributed by atoms with Gasteiger partial charge < -0.3 is 19.3 Å². The highest BCUT2D eigenvalue weighted by atomic mass is 127. The largest absolute Gasteiger partial charge is 0.480 e. The maximum atomic E-state index is 14.4. The van der Waals surface area contributed by atoms with Crippen molar-refractivity contribution < 1.29 is 28.3 Å². The third kappa shape index (κ3) is 4.44. The lowest BCUT2D eigenvalue weighted by Gasteiger charge is -2.22. The Balaban J connectivity index is 1.75. The fraction of sp³-hybridized carbons (Fsp3) is 0.240. The molecule has 0 bridgehead atoms. The Morgan fingerprint density at radius 3 is 2.56 bits per heavy atom. The molecule has 1 aliphatic rings. The smallest absolute Gasteiger partial charge is 0.323 e. The Morgan fingerprint density at radius 1 is 1.18 bits per heavy atom. The molecule has 9 heteroatoms. The quantitative estimate of drug-likeness (QED) is 0.417. The van der Waals surface area contributed by atoms with Gasteiger partial charge in [0, 0.05) is 20.3 Å². The molecule has 176 valence electrons. The summed E-state index contributed by atoms with van der Waals surface area (Å²) in [6, 6.07) is 12.8. The second-order valence-corrected chi connectivity index (χ2v) is 9.76. The summed E-state index contributed by atoms with van der Waals surface area (Å²) in [6.07, 6.45) is 1.45. The number of hydrogen-bond donors (Lipinski definition) is 1. The average molecular weight is 576 g/mol. The zero-order chi connectivity index (χ0) is 24.6. The third-order valence-electron chi connectivity index (χ3n) is 5.84. The fourth-order valence-corrected chi connectivity index (χ4v) is 5.48. The lowest BCUT2D eigenvalue weighted by molar-refractivity contribution is -0.137. The number of fused-ring (bicyclic) bond motifs is 1. The maximum absolute atomic E-state index is 14.4. The van der Waals surface area contributed by atoms with Gasteiger partial charge in [0.25, 0.3) is 5.91 Å². The number of hydrogen-bond acceptors (Lipinski definition) is 4. The van der Waals surface area contributed by atoms with Crippen molar-refractivity contribution in [1.29, 1.82) is 0 Å². The van der Waals surface area contributed by atoms with Gasteiger partial charge in [-0.3, -0.25) is 14.4 Å². The molecule has 0 radical (unpaired) electrons. The van der Waals surface area contributed by atoms with E-state index < -0.39 is 29.7 Å². The van der Waals surface area contributed by atoms with Crippen molar-refractivity contribution in [1.82, 2.24) is 4.90 Å². The monoisotopic (exact) mass is 576 g/mol. The summed E-state index contributed by atoms with van der Waals surface area (Å²) in [5.74, 6) is -1.85. The highest BCUT2D eigenvalue weighted by molar-refractivity contribution is 14.1. The van der Waals surface area contributed by atoms with Crippen LogP contribution in [0.15, 0.2) is 59.2 Å². The number of carboxylic acids is 1. The van der Waals surface area contributed by atoms with E-state index in [4.69, 9.17) is 4.42 Å². The highest BCUT2D eigenvalue weighted by Crippen LogP contribution is 2.45. The van der Waals surface area contributed by atoms with Gasteiger partial charge in [-0.1, -0.05) is 18.2 Å². The van der Waals surface area contributed by atoms with Gasteiger partial charge in [0.2, 0.25) is 5.91 Å². The van der Waals surface area contributed by atoms with Crippen LogP contribution >= 0.6 is 22.6 Å². The summed E-state index contributed by atoms with van der Waals surface area (Å²) in [5, 5.41) is 9.34. The average Bonchev–Trinajstić information content (AvgIpc) is 3.35. The summed E-state index contributed by atoms with van der Waals surface area (Å²) in [7, 11) is 0. The van der Waals surface area contributed by atoms with Crippen molar-refractivity contribution in [2.75, 3.05) is 11.4 Å². The van der Waals surface area contributed by atoms with Gasteiger partial charge >= 0.3 is 5.97 Å². The van der Waals surface area contributed by atoms with Gasteiger partial charge in [0.15, 0.2) is 0 Å². The van der Waals surface area contributed by atoms with Crippen molar-refractivity contribution in [3.63, 3.8) is 0 Å². The number of aliphatic carboxylic acids is 1. The molecule has 3 aromatic rings. The Kier molecular flexibility index (Phi) is 6.48. The van der Waals surface area contributed by atoms with Crippen molar-refractivity contribution in [3.05, 3.63) is 86.6 Å². The topological polar surface area (TPSA) is 91.1 Å². The summed E-state index contributed by atoms with van der Waals surface area (Å²) in [6.45, 7) is 3.08. The SMILES string of the molecule is CC1(C)C(=O)N(Cc2ccccc2F)c2cc(C(=O)N(CC(=O)O)Cc3ccco3)cc(I)c21. The van der Waals surface area contributed by atoms with E-state index in [1.54, 1.807) is 56.3 Å². The van der Waals surface area contributed by atoms with Crippen LogP contribution in [-0.2, 0) is 28.1 Å². The second kappa shape index (κ2) is 9.21. The molecule has 7 nitrogen and oxygen atoms in total. The Hall–Kier alpha value is -3.21. The van der Waals surface area contributed by atoms with Gasteiger partial charge in [-0.2, -0.15) is 0 Å². The molecule has 2 aromatic carbocycles. The molecule has 2 amide bonds. The molecule has 1 N–H and O–H groups in total. The lowest BCUT2D eigenvalue weighted by Crippen LogP contribution is -2.36. The van der Waals surface area contributed by atoms with E-state index in [2.05, 4.69) is 22.6 Å². The predicted octanol–water partition coefficient (Wildman–Crippen LogP) is 4.57. The van der Waals surface area contributed by atoms with Crippen LogP contribution in [0, 0.1) is 9.39 Å². The molecule has 4 rings (SSSR count). The zero-order valence-electron chi connectivity index (χ0n) is 18.5. The molecule has 0 spiro atoms. The second-order valence-electron chi connectivity index (χ2n) is 8.59. The Bertz CT molecular complexity index is 1270. The van der Waals surface area contributed by atoms with Crippen LogP contribution in [0.3, 0.4) is 0 Å². The van der Waals surface area contributed by atoms with E-state index in [1.807, 2.05) is 0 Å². The highest BCUT2D eigenvalue weighted by Gasteiger charge is 2.46. The van der Waals surface area contributed by atoms with Crippen molar-refractivity contribution in [2.24, 2.45) is 0 Å². The number of carbonyl (C=O) groups is 3.